The zero-order valence-electron chi connectivity index (χ0n) is 10.1. The van der Waals surface area contributed by atoms with Crippen molar-refractivity contribution in [3.8, 4) is 0 Å². The van der Waals surface area contributed by atoms with Crippen molar-refractivity contribution in [2.75, 3.05) is 0 Å². The third-order valence-corrected chi connectivity index (χ3v) is 2.96. The van der Waals surface area contributed by atoms with Gasteiger partial charge in [-0.25, -0.2) is 4.99 Å². The molecule has 0 saturated carbocycles. The first kappa shape index (κ1) is 11.9. The Morgan fingerprint density at radius 1 is 0.947 bits per heavy atom. The van der Waals surface area contributed by atoms with Crippen LogP contribution in [0.2, 0.25) is 0 Å². The number of benzene rings is 2. The molecule has 0 aliphatic rings. The Kier molecular flexibility index (Phi) is 3.25. The molecule has 2 aromatic carbocycles. The number of hydrogen-bond acceptors (Lipinski definition) is 3. The Balaban J connectivity index is 1.85. The summed E-state index contributed by atoms with van der Waals surface area (Å²) in [6, 6.07) is 17.5. The second kappa shape index (κ2) is 5.20. The number of fused-ring (bicyclic) bond motifs is 1. The number of nitrogens with zero attached hydrogens (tertiary/aromatic N) is 4. The van der Waals surface area contributed by atoms with Gasteiger partial charge in [-0.15, -0.1) is 15.0 Å². The summed E-state index contributed by atoms with van der Waals surface area (Å²) < 4.78 is 0. The average Bonchev–Trinajstić information content (AvgIpc) is 2.90. The molecule has 0 fully saturated rings. The minimum Gasteiger partial charge on any atom is -0.250 e. The predicted molar refractivity (Wildman–Crippen MR) is 76.4 cm³/mol. The summed E-state index contributed by atoms with van der Waals surface area (Å²) >= 11 is 6.12. The Bertz CT molecular complexity index is 685. The van der Waals surface area contributed by atoms with Crippen molar-refractivity contribution in [1.29, 1.82) is 0 Å². The molecule has 0 spiro atoms. The van der Waals surface area contributed by atoms with Crippen molar-refractivity contribution in [1.82, 2.24) is 15.0 Å². The Morgan fingerprint density at radius 2 is 1.53 bits per heavy atom. The highest BCUT2D eigenvalue weighted by Gasteiger charge is 2.05. The van der Waals surface area contributed by atoms with Crippen molar-refractivity contribution in [2.24, 2.45) is 4.99 Å². The molecule has 1 aromatic heterocycles. The number of aromatic nitrogens is 3. The van der Waals surface area contributed by atoms with E-state index in [0.717, 1.165) is 16.6 Å². The summed E-state index contributed by atoms with van der Waals surface area (Å²) in [5.74, 6) is 0. The summed E-state index contributed by atoms with van der Waals surface area (Å²) in [6.45, 7) is 0.511. The van der Waals surface area contributed by atoms with Gasteiger partial charge in [-0.3, -0.25) is 0 Å². The Morgan fingerprint density at radius 3 is 2.16 bits per heavy atom. The standard InChI is InChI=1S/C14H11ClN4/c15-14(16-10-11-6-2-1-3-7-11)19-17-12-8-4-5-9-13(12)18-19/h1-9H,10H2. The van der Waals surface area contributed by atoms with Gasteiger partial charge in [0.05, 0.1) is 6.54 Å². The maximum absolute atomic E-state index is 6.12. The molecule has 0 amide bonds. The van der Waals surface area contributed by atoms with Gasteiger partial charge < -0.3 is 0 Å². The lowest BCUT2D eigenvalue weighted by Crippen LogP contribution is -2.09. The zero-order valence-corrected chi connectivity index (χ0v) is 10.8. The molecular formula is C14H11ClN4. The summed E-state index contributed by atoms with van der Waals surface area (Å²) in [6.07, 6.45) is 0. The molecule has 0 unspecified atom stereocenters. The molecule has 0 radical (unpaired) electrons. The molecule has 0 saturated heterocycles. The normalized spacial score (nSPS) is 11.9. The van der Waals surface area contributed by atoms with Crippen LogP contribution < -0.4 is 0 Å². The SMILES string of the molecule is ClC(=NCc1ccccc1)n1nc2ccccc2n1. The summed E-state index contributed by atoms with van der Waals surface area (Å²) in [4.78, 5) is 5.64. The first-order valence-electron chi connectivity index (χ1n) is 5.89. The third kappa shape index (κ3) is 2.63. The first-order chi connectivity index (χ1) is 9.33. The number of aliphatic imine (C=N–C) groups is 1. The summed E-state index contributed by atoms with van der Waals surface area (Å²) in [7, 11) is 0. The van der Waals surface area contributed by atoms with Gasteiger partial charge in [0.1, 0.15) is 11.0 Å². The maximum atomic E-state index is 6.12. The summed E-state index contributed by atoms with van der Waals surface area (Å²) in [5.41, 5.74) is 2.70. The molecule has 0 N–H and O–H groups in total. The van der Waals surface area contributed by atoms with Crippen molar-refractivity contribution >= 4 is 27.9 Å². The molecule has 0 bridgehead atoms. The van der Waals surface area contributed by atoms with Gasteiger partial charge in [0.2, 0.25) is 5.29 Å². The van der Waals surface area contributed by atoms with Crippen LogP contribution in [-0.2, 0) is 6.54 Å². The van der Waals surface area contributed by atoms with Crippen molar-refractivity contribution in [2.45, 2.75) is 6.54 Å². The lowest BCUT2D eigenvalue weighted by Gasteiger charge is -1.97. The van der Waals surface area contributed by atoms with Crippen molar-refractivity contribution in [3.63, 3.8) is 0 Å². The van der Waals surface area contributed by atoms with Crippen LogP contribution in [-0.4, -0.2) is 20.3 Å². The molecule has 3 rings (SSSR count). The van der Waals surface area contributed by atoms with Crippen molar-refractivity contribution in [3.05, 3.63) is 60.2 Å². The topological polar surface area (TPSA) is 43.1 Å². The molecule has 5 heteroatoms. The lowest BCUT2D eigenvalue weighted by atomic mass is 10.2. The van der Waals surface area contributed by atoms with E-state index in [1.54, 1.807) is 0 Å². The van der Waals surface area contributed by atoms with Crippen LogP contribution >= 0.6 is 11.6 Å². The zero-order chi connectivity index (χ0) is 13.1. The monoisotopic (exact) mass is 270 g/mol. The van der Waals surface area contributed by atoms with E-state index in [2.05, 4.69) is 15.2 Å². The molecular weight excluding hydrogens is 260 g/mol. The van der Waals surface area contributed by atoms with Gasteiger partial charge in [-0.05, 0) is 29.3 Å². The molecule has 3 aromatic rings. The van der Waals surface area contributed by atoms with Gasteiger partial charge in [0.25, 0.3) is 0 Å². The highest BCUT2D eigenvalue weighted by Crippen LogP contribution is 2.08. The van der Waals surface area contributed by atoms with E-state index < -0.39 is 0 Å². The average molecular weight is 271 g/mol. The third-order valence-electron chi connectivity index (χ3n) is 2.69. The number of halogens is 1. The predicted octanol–water partition coefficient (Wildman–Crippen LogP) is 3.07. The van der Waals surface area contributed by atoms with E-state index in [1.165, 1.54) is 4.80 Å². The van der Waals surface area contributed by atoms with Gasteiger partial charge in [0.15, 0.2) is 0 Å². The van der Waals surface area contributed by atoms with E-state index in [-0.39, 0.29) is 5.29 Å². The molecule has 0 aliphatic carbocycles. The van der Waals surface area contributed by atoms with E-state index in [4.69, 9.17) is 11.6 Å². The van der Waals surface area contributed by atoms with Crippen LogP contribution in [0.25, 0.3) is 11.0 Å². The van der Waals surface area contributed by atoms with Gasteiger partial charge in [0, 0.05) is 0 Å². The molecule has 94 valence electrons. The molecule has 1 heterocycles. The molecule has 0 atom stereocenters. The fraction of sp³-hybridized carbons (Fsp3) is 0.0714. The van der Waals surface area contributed by atoms with Gasteiger partial charge >= 0.3 is 0 Å². The Hall–Kier alpha value is -2.20. The smallest absolute Gasteiger partial charge is 0.238 e. The molecule has 19 heavy (non-hydrogen) atoms. The minimum atomic E-state index is 0.264. The van der Waals surface area contributed by atoms with Crippen LogP contribution in [0.3, 0.4) is 0 Å². The highest BCUT2D eigenvalue weighted by atomic mass is 35.5. The number of rotatable bonds is 2. The van der Waals surface area contributed by atoms with Crippen LogP contribution in [0.1, 0.15) is 5.56 Å². The van der Waals surface area contributed by atoms with E-state index in [1.807, 2.05) is 54.6 Å². The van der Waals surface area contributed by atoms with Crippen molar-refractivity contribution < 1.29 is 0 Å². The van der Waals surface area contributed by atoms with Crippen LogP contribution in [0, 0.1) is 0 Å². The Labute approximate surface area is 115 Å². The lowest BCUT2D eigenvalue weighted by molar-refractivity contribution is 0.815. The fourth-order valence-corrected chi connectivity index (χ4v) is 1.88. The largest absolute Gasteiger partial charge is 0.250 e. The summed E-state index contributed by atoms with van der Waals surface area (Å²) in [5, 5.41) is 8.80. The second-order valence-corrected chi connectivity index (χ2v) is 4.39. The highest BCUT2D eigenvalue weighted by molar-refractivity contribution is 6.64. The first-order valence-corrected chi connectivity index (χ1v) is 6.27. The van der Waals surface area contributed by atoms with E-state index in [9.17, 15) is 0 Å². The van der Waals surface area contributed by atoms with Crippen LogP contribution in [0.15, 0.2) is 59.6 Å². The molecule has 4 nitrogen and oxygen atoms in total. The fourth-order valence-electron chi connectivity index (χ4n) is 1.75. The van der Waals surface area contributed by atoms with Crippen LogP contribution in [0.4, 0.5) is 0 Å². The van der Waals surface area contributed by atoms with Crippen LogP contribution in [0.5, 0.6) is 0 Å². The van der Waals surface area contributed by atoms with E-state index in [0.29, 0.717) is 6.54 Å². The minimum absolute atomic E-state index is 0.264. The van der Waals surface area contributed by atoms with Gasteiger partial charge in [-0.2, -0.15) is 0 Å². The van der Waals surface area contributed by atoms with E-state index >= 15 is 0 Å². The quantitative estimate of drug-likeness (QED) is 0.530. The maximum Gasteiger partial charge on any atom is 0.238 e. The van der Waals surface area contributed by atoms with Gasteiger partial charge in [-0.1, -0.05) is 42.5 Å². The number of hydrogen-bond donors (Lipinski definition) is 0. The molecule has 0 aliphatic heterocycles. The second-order valence-electron chi connectivity index (χ2n) is 4.05.